The first kappa shape index (κ1) is 13.1. The molecular formula is C13H22N4O. The van der Waals surface area contributed by atoms with Crippen LogP contribution in [0.15, 0.2) is 6.33 Å². The summed E-state index contributed by atoms with van der Waals surface area (Å²) in [6.45, 7) is 4.06. The molecule has 1 atom stereocenters. The number of piperidine rings is 1. The molecule has 100 valence electrons. The second-order valence-electron chi connectivity index (χ2n) is 4.76. The van der Waals surface area contributed by atoms with Gasteiger partial charge in [-0.3, -0.25) is 0 Å². The Morgan fingerprint density at radius 1 is 1.50 bits per heavy atom. The summed E-state index contributed by atoms with van der Waals surface area (Å²) in [5, 5.41) is 0. The number of nitrogens with two attached hydrogens (primary N) is 1. The molecule has 2 N–H and O–H groups in total. The zero-order valence-electron chi connectivity index (χ0n) is 11.2. The van der Waals surface area contributed by atoms with Gasteiger partial charge in [0.1, 0.15) is 18.0 Å². The van der Waals surface area contributed by atoms with Gasteiger partial charge in [-0.05, 0) is 19.3 Å². The monoisotopic (exact) mass is 250 g/mol. The van der Waals surface area contributed by atoms with Crippen LogP contribution in [0.5, 0.6) is 0 Å². The van der Waals surface area contributed by atoms with E-state index in [2.05, 4.69) is 21.8 Å². The maximum Gasteiger partial charge on any atom is 0.137 e. The van der Waals surface area contributed by atoms with E-state index in [4.69, 9.17) is 10.5 Å². The van der Waals surface area contributed by atoms with Crippen molar-refractivity contribution < 1.29 is 4.74 Å². The van der Waals surface area contributed by atoms with Crippen LogP contribution in [0, 0.1) is 0 Å². The van der Waals surface area contributed by atoms with Crippen LogP contribution in [0.4, 0.5) is 11.6 Å². The number of ether oxygens (including phenoxy) is 1. The third-order valence-electron chi connectivity index (χ3n) is 3.47. The molecule has 1 aliphatic rings. The molecule has 0 spiro atoms. The number of rotatable bonds is 4. The molecule has 0 radical (unpaired) electrons. The lowest BCUT2D eigenvalue weighted by Gasteiger charge is -2.33. The molecule has 1 saturated heterocycles. The van der Waals surface area contributed by atoms with Crippen molar-refractivity contribution in [3.8, 4) is 0 Å². The minimum Gasteiger partial charge on any atom is -0.383 e. The zero-order valence-corrected chi connectivity index (χ0v) is 11.2. The first-order chi connectivity index (χ1) is 8.76. The lowest BCUT2D eigenvalue weighted by atomic mass is 10.1. The van der Waals surface area contributed by atoms with Crippen LogP contribution < -0.4 is 10.6 Å². The molecule has 0 aliphatic carbocycles. The van der Waals surface area contributed by atoms with Crippen molar-refractivity contribution in [2.45, 2.75) is 38.7 Å². The molecule has 0 saturated carbocycles. The Labute approximate surface area is 108 Å². The van der Waals surface area contributed by atoms with Crippen molar-refractivity contribution in [2.75, 3.05) is 30.8 Å². The molecule has 5 heteroatoms. The molecule has 1 aromatic heterocycles. The highest BCUT2D eigenvalue weighted by atomic mass is 16.5. The van der Waals surface area contributed by atoms with Gasteiger partial charge < -0.3 is 15.4 Å². The Kier molecular flexibility index (Phi) is 4.36. The number of hydrogen-bond acceptors (Lipinski definition) is 5. The minimum atomic E-state index is 0.296. The summed E-state index contributed by atoms with van der Waals surface area (Å²) in [5.41, 5.74) is 7.05. The summed E-state index contributed by atoms with van der Waals surface area (Å²) in [6, 6.07) is 0. The number of aromatic nitrogens is 2. The summed E-state index contributed by atoms with van der Waals surface area (Å²) in [6.07, 6.45) is 6.08. The van der Waals surface area contributed by atoms with Gasteiger partial charge in [0.15, 0.2) is 0 Å². The van der Waals surface area contributed by atoms with Gasteiger partial charge in [0.2, 0.25) is 0 Å². The summed E-state index contributed by atoms with van der Waals surface area (Å²) >= 11 is 0. The third kappa shape index (κ3) is 2.72. The summed E-state index contributed by atoms with van der Waals surface area (Å²) in [5.74, 6) is 1.60. The molecule has 0 bridgehead atoms. The van der Waals surface area contributed by atoms with Crippen molar-refractivity contribution in [2.24, 2.45) is 0 Å². The Bertz CT molecular complexity index is 397. The van der Waals surface area contributed by atoms with Gasteiger partial charge in [0, 0.05) is 25.8 Å². The van der Waals surface area contributed by atoms with Gasteiger partial charge in [-0.2, -0.15) is 0 Å². The van der Waals surface area contributed by atoms with Crippen LogP contribution in [-0.2, 0) is 11.2 Å². The van der Waals surface area contributed by atoms with Crippen molar-refractivity contribution in [1.29, 1.82) is 0 Å². The van der Waals surface area contributed by atoms with Crippen molar-refractivity contribution in [3.63, 3.8) is 0 Å². The minimum absolute atomic E-state index is 0.296. The van der Waals surface area contributed by atoms with E-state index >= 15 is 0 Å². The molecule has 2 heterocycles. The Morgan fingerprint density at radius 3 is 3.06 bits per heavy atom. The lowest BCUT2D eigenvalue weighted by Crippen LogP contribution is -2.40. The normalized spacial score (nSPS) is 20.1. The van der Waals surface area contributed by atoms with Crippen LogP contribution in [0.1, 0.15) is 31.7 Å². The van der Waals surface area contributed by atoms with Crippen molar-refractivity contribution >= 4 is 11.6 Å². The van der Waals surface area contributed by atoms with Crippen LogP contribution in [-0.4, -0.2) is 36.3 Å². The highest BCUT2D eigenvalue weighted by molar-refractivity contribution is 5.57. The fourth-order valence-electron chi connectivity index (χ4n) is 2.50. The molecule has 0 aromatic carbocycles. The number of methoxy groups -OCH3 is 1. The predicted octanol–water partition coefficient (Wildman–Crippen LogP) is 1.63. The van der Waals surface area contributed by atoms with E-state index in [1.165, 1.54) is 0 Å². The Hall–Kier alpha value is -1.36. The van der Waals surface area contributed by atoms with Crippen LogP contribution >= 0.6 is 0 Å². The van der Waals surface area contributed by atoms with Crippen molar-refractivity contribution in [3.05, 3.63) is 11.9 Å². The molecule has 1 aromatic rings. The number of nitrogen functional groups attached to an aromatic ring is 1. The molecule has 0 amide bonds. The largest absolute Gasteiger partial charge is 0.383 e. The molecule has 1 fully saturated rings. The van der Waals surface area contributed by atoms with Crippen molar-refractivity contribution in [1.82, 2.24) is 9.97 Å². The highest BCUT2D eigenvalue weighted by Gasteiger charge is 2.23. The standard InChI is InChI=1S/C13H22N4O/c1-3-5-11-12(14)15-9-16-13(11)17-7-4-6-10(8-17)18-2/h9-10H,3-8H2,1-2H3,(H2,14,15,16). The average Bonchev–Trinajstić information content (AvgIpc) is 2.41. The smallest absolute Gasteiger partial charge is 0.137 e. The number of nitrogens with zero attached hydrogens (tertiary/aromatic N) is 3. The van der Waals surface area contributed by atoms with E-state index in [-0.39, 0.29) is 0 Å². The fraction of sp³-hybridized carbons (Fsp3) is 0.692. The summed E-state index contributed by atoms with van der Waals surface area (Å²) in [7, 11) is 1.77. The fourth-order valence-corrected chi connectivity index (χ4v) is 2.50. The van der Waals surface area contributed by atoms with Gasteiger partial charge in [-0.15, -0.1) is 0 Å². The molecule has 1 unspecified atom stereocenters. The van der Waals surface area contributed by atoms with Gasteiger partial charge in [-0.1, -0.05) is 13.3 Å². The predicted molar refractivity (Wildman–Crippen MR) is 72.7 cm³/mol. The van der Waals surface area contributed by atoms with Gasteiger partial charge in [0.05, 0.1) is 6.10 Å². The Balaban J connectivity index is 2.23. The van der Waals surface area contributed by atoms with E-state index in [0.717, 1.165) is 50.2 Å². The average molecular weight is 250 g/mol. The zero-order chi connectivity index (χ0) is 13.0. The highest BCUT2D eigenvalue weighted by Crippen LogP contribution is 2.26. The molecule has 2 rings (SSSR count). The van der Waals surface area contributed by atoms with Gasteiger partial charge in [0.25, 0.3) is 0 Å². The second kappa shape index (κ2) is 6.00. The van der Waals surface area contributed by atoms with E-state index in [1.54, 1.807) is 13.4 Å². The van der Waals surface area contributed by atoms with Crippen LogP contribution in [0.3, 0.4) is 0 Å². The summed E-state index contributed by atoms with van der Waals surface area (Å²) < 4.78 is 5.46. The Morgan fingerprint density at radius 2 is 2.33 bits per heavy atom. The first-order valence-electron chi connectivity index (χ1n) is 6.63. The summed E-state index contributed by atoms with van der Waals surface area (Å²) in [4.78, 5) is 10.8. The lowest BCUT2D eigenvalue weighted by molar-refractivity contribution is 0.0891. The molecule has 18 heavy (non-hydrogen) atoms. The van der Waals surface area contributed by atoms with Crippen LogP contribution in [0.25, 0.3) is 0 Å². The third-order valence-corrected chi connectivity index (χ3v) is 3.47. The number of anilines is 2. The maximum atomic E-state index is 5.97. The van der Waals surface area contributed by atoms with E-state index in [9.17, 15) is 0 Å². The second-order valence-corrected chi connectivity index (χ2v) is 4.76. The molecule has 1 aliphatic heterocycles. The van der Waals surface area contributed by atoms with Gasteiger partial charge in [-0.25, -0.2) is 9.97 Å². The van der Waals surface area contributed by atoms with E-state index < -0.39 is 0 Å². The van der Waals surface area contributed by atoms with Gasteiger partial charge >= 0.3 is 0 Å². The van der Waals surface area contributed by atoms with Crippen LogP contribution in [0.2, 0.25) is 0 Å². The first-order valence-corrected chi connectivity index (χ1v) is 6.63. The van der Waals surface area contributed by atoms with E-state index in [1.807, 2.05) is 0 Å². The maximum absolute atomic E-state index is 5.97. The topological polar surface area (TPSA) is 64.3 Å². The molecule has 5 nitrogen and oxygen atoms in total. The van der Waals surface area contributed by atoms with E-state index in [0.29, 0.717) is 11.9 Å². The number of hydrogen-bond donors (Lipinski definition) is 1. The molecular weight excluding hydrogens is 228 g/mol. The SMILES string of the molecule is CCCc1c(N)ncnc1N1CCCC(OC)C1. The quantitative estimate of drug-likeness (QED) is 0.879.